The molecule has 0 aromatic carbocycles. The summed E-state index contributed by atoms with van der Waals surface area (Å²) in [5.41, 5.74) is 3.01. The predicted molar refractivity (Wildman–Crippen MR) is 76.6 cm³/mol. The standard InChI is InChI=1S/C13H15BrN4/c1-4-16-13-11(14)9(3)17-12(18-13)10-5-6-15-7-8(10)2/h5-7H,4H2,1-3H3,(H,16,17,18). The highest BCUT2D eigenvalue weighted by Crippen LogP contribution is 2.27. The zero-order chi connectivity index (χ0) is 13.1. The zero-order valence-corrected chi connectivity index (χ0v) is 12.2. The van der Waals surface area contributed by atoms with Gasteiger partial charge in [0, 0.05) is 24.5 Å². The van der Waals surface area contributed by atoms with Gasteiger partial charge in [-0.05, 0) is 48.3 Å². The molecule has 5 heteroatoms. The Morgan fingerprint density at radius 2 is 2.06 bits per heavy atom. The third kappa shape index (κ3) is 2.51. The second-order valence-electron chi connectivity index (χ2n) is 4.02. The van der Waals surface area contributed by atoms with Crippen LogP contribution in [0, 0.1) is 13.8 Å². The second-order valence-corrected chi connectivity index (χ2v) is 4.81. The normalized spacial score (nSPS) is 10.4. The maximum Gasteiger partial charge on any atom is 0.162 e. The summed E-state index contributed by atoms with van der Waals surface area (Å²) in [7, 11) is 0. The number of hydrogen-bond acceptors (Lipinski definition) is 4. The SMILES string of the molecule is CCNc1nc(-c2ccncc2C)nc(C)c1Br. The Balaban J connectivity index is 2.56. The predicted octanol–water partition coefficient (Wildman–Crippen LogP) is 3.35. The van der Waals surface area contributed by atoms with Gasteiger partial charge in [-0.25, -0.2) is 9.97 Å². The summed E-state index contributed by atoms with van der Waals surface area (Å²) in [6.45, 7) is 6.84. The van der Waals surface area contributed by atoms with Crippen LogP contribution >= 0.6 is 15.9 Å². The molecule has 0 amide bonds. The average molecular weight is 307 g/mol. The molecule has 0 bridgehead atoms. The van der Waals surface area contributed by atoms with Gasteiger partial charge in [0.05, 0.1) is 10.2 Å². The van der Waals surface area contributed by atoms with Crippen molar-refractivity contribution < 1.29 is 0 Å². The summed E-state index contributed by atoms with van der Waals surface area (Å²) in [6.07, 6.45) is 3.58. The Kier molecular flexibility index (Phi) is 3.91. The van der Waals surface area contributed by atoms with E-state index in [-0.39, 0.29) is 0 Å². The van der Waals surface area contributed by atoms with Crippen LogP contribution in [-0.2, 0) is 0 Å². The van der Waals surface area contributed by atoms with Gasteiger partial charge in [-0.1, -0.05) is 0 Å². The van der Waals surface area contributed by atoms with Crippen molar-refractivity contribution in [2.45, 2.75) is 20.8 Å². The molecule has 0 fully saturated rings. The molecule has 2 heterocycles. The number of pyridine rings is 1. The van der Waals surface area contributed by atoms with Crippen LogP contribution < -0.4 is 5.32 Å². The molecule has 0 saturated heterocycles. The van der Waals surface area contributed by atoms with E-state index in [9.17, 15) is 0 Å². The van der Waals surface area contributed by atoms with Crippen molar-refractivity contribution in [2.24, 2.45) is 0 Å². The van der Waals surface area contributed by atoms with Crippen molar-refractivity contribution in [3.63, 3.8) is 0 Å². The maximum absolute atomic E-state index is 4.56. The highest BCUT2D eigenvalue weighted by molar-refractivity contribution is 9.10. The molecule has 0 spiro atoms. The van der Waals surface area contributed by atoms with Gasteiger partial charge in [-0.15, -0.1) is 0 Å². The molecule has 2 aromatic rings. The minimum Gasteiger partial charge on any atom is -0.369 e. The Hall–Kier alpha value is -1.49. The van der Waals surface area contributed by atoms with Gasteiger partial charge in [0.25, 0.3) is 0 Å². The first-order valence-electron chi connectivity index (χ1n) is 5.82. The lowest BCUT2D eigenvalue weighted by Crippen LogP contribution is -2.05. The zero-order valence-electron chi connectivity index (χ0n) is 10.7. The lowest BCUT2D eigenvalue weighted by Gasteiger charge is -2.11. The molecule has 94 valence electrons. The Labute approximate surface area is 115 Å². The lowest BCUT2D eigenvalue weighted by atomic mass is 10.1. The number of aryl methyl sites for hydroxylation is 2. The molecular formula is C13H15BrN4. The van der Waals surface area contributed by atoms with Crippen LogP contribution in [0.1, 0.15) is 18.2 Å². The molecule has 2 rings (SSSR count). The maximum atomic E-state index is 4.56. The minimum absolute atomic E-state index is 0.728. The number of anilines is 1. The summed E-state index contributed by atoms with van der Waals surface area (Å²) >= 11 is 3.51. The minimum atomic E-state index is 0.728. The summed E-state index contributed by atoms with van der Waals surface area (Å²) in [5, 5.41) is 3.23. The number of aromatic nitrogens is 3. The van der Waals surface area contributed by atoms with Crippen LogP contribution in [0.15, 0.2) is 22.9 Å². The molecule has 2 aromatic heterocycles. The smallest absolute Gasteiger partial charge is 0.162 e. The van der Waals surface area contributed by atoms with Crippen LogP contribution in [0.25, 0.3) is 11.4 Å². The van der Waals surface area contributed by atoms with Crippen LogP contribution in [0.3, 0.4) is 0 Å². The van der Waals surface area contributed by atoms with Gasteiger partial charge >= 0.3 is 0 Å². The third-order valence-electron chi connectivity index (χ3n) is 2.62. The van der Waals surface area contributed by atoms with E-state index in [4.69, 9.17) is 0 Å². The molecule has 0 atom stereocenters. The highest BCUT2D eigenvalue weighted by Gasteiger charge is 2.11. The number of nitrogens with zero attached hydrogens (tertiary/aromatic N) is 3. The number of nitrogens with one attached hydrogen (secondary N) is 1. The topological polar surface area (TPSA) is 50.7 Å². The van der Waals surface area contributed by atoms with Crippen molar-refractivity contribution in [1.82, 2.24) is 15.0 Å². The van der Waals surface area contributed by atoms with Crippen molar-refractivity contribution in [3.8, 4) is 11.4 Å². The second kappa shape index (κ2) is 5.44. The fraction of sp³-hybridized carbons (Fsp3) is 0.308. The largest absolute Gasteiger partial charge is 0.369 e. The van der Waals surface area contributed by atoms with Gasteiger partial charge in [0.15, 0.2) is 5.82 Å². The van der Waals surface area contributed by atoms with Gasteiger partial charge in [0.1, 0.15) is 5.82 Å². The van der Waals surface area contributed by atoms with E-state index in [0.29, 0.717) is 0 Å². The number of halogens is 1. The van der Waals surface area contributed by atoms with Crippen molar-refractivity contribution in [1.29, 1.82) is 0 Å². The first kappa shape index (κ1) is 13.0. The van der Waals surface area contributed by atoms with E-state index >= 15 is 0 Å². The quantitative estimate of drug-likeness (QED) is 0.945. The van der Waals surface area contributed by atoms with E-state index in [2.05, 4.69) is 36.2 Å². The van der Waals surface area contributed by atoms with Gasteiger partial charge in [0.2, 0.25) is 0 Å². The summed E-state index contributed by atoms with van der Waals surface area (Å²) < 4.78 is 0.916. The fourth-order valence-corrected chi connectivity index (χ4v) is 2.01. The van der Waals surface area contributed by atoms with Crippen LogP contribution in [0.2, 0.25) is 0 Å². The summed E-state index contributed by atoms with van der Waals surface area (Å²) in [4.78, 5) is 13.2. The first-order chi connectivity index (χ1) is 8.63. The van der Waals surface area contributed by atoms with E-state index in [0.717, 1.165) is 39.5 Å². The average Bonchev–Trinajstić information content (AvgIpc) is 2.35. The third-order valence-corrected chi connectivity index (χ3v) is 3.57. The lowest BCUT2D eigenvalue weighted by molar-refractivity contribution is 1.06. The Morgan fingerprint density at radius 3 is 2.72 bits per heavy atom. The summed E-state index contributed by atoms with van der Waals surface area (Å²) in [5.74, 6) is 1.56. The summed E-state index contributed by atoms with van der Waals surface area (Å²) in [6, 6.07) is 1.94. The van der Waals surface area contributed by atoms with E-state index in [1.807, 2.05) is 33.0 Å². The van der Waals surface area contributed by atoms with E-state index in [1.54, 1.807) is 6.20 Å². The molecule has 0 saturated carbocycles. The molecule has 0 aliphatic carbocycles. The van der Waals surface area contributed by atoms with Crippen molar-refractivity contribution in [3.05, 3.63) is 34.2 Å². The molecular weight excluding hydrogens is 292 g/mol. The van der Waals surface area contributed by atoms with E-state index < -0.39 is 0 Å². The molecule has 0 aliphatic heterocycles. The van der Waals surface area contributed by atoms with Crippen LogP contribution in [-0.4, -0.2) is 21.5 Å². The van der Waals surface area contributed by atoms with Crippen molar-refractivity contribution >= 4 is 21.7 Å². The van der Waals surface area contributed by atoms with Crippen molar-refractivity contribution in [2.75, 3.05) is 11.9 Å². The van der Waals surface area contributed by atoms with Crippen LogP contribution in [0.5, 0.6) is 0 Å². The molecule has 1 N–H and O–H groups in total. The first-order valence-corrected chi connectivity index (χ1v) is 6.61. The molecule has 0 aliphatic rings. The molecule has 0 unspecified atom stereocenters. The monoisotopic (exact) mass is 306 g/mol. The van der Waals surface area contributed by atoms with Gasteiger partial charge in [-0.3, -0.25) is 4.98 Å². The molecule has 18 heavy (non-hydrogen) atoms. The van der Waals surface area contributed by atoms with Gasteiger partial charge < -0.3 is 5.32 Å². The Morgan fingerprint density at radius 1 is 1.28 bits per heavy atom. The highest BCUT2D eigenvalue weighted by atomic mass is 79.9. The Bertz CT molecular complexity index is 569. The fourth-order valence-electron chi connectivity index (χ4n) is 1.69. The van der Waals surface area contributed by atoms with Crippen LogP contribution in [0.4, 0.5) is 5.82 Å². The van der Waals surface area contributed by atoms with E-state index in [1.165, 1.54) is 0 Å². The molecule has 0 radical (unpaired) electrons. The number of rotatable bonds is 3. The number of hydrogen-bond donors (Lipinski definition) is 1. The van der Waals surface area contributed by atoms with Gasteiger partial charge in [-0.2, -0.15) is 0 Å². The molecule has 4 nitrogen and oxygen atoms in total.